The Bertz CT molecular complexity index is 1100. The van der Waals surface area contributed by atoms with E-state index in [0.717, 1.165) is 10.8 Å². The molecule has 0 fully saturated rings. The molecule has 1 atom stereocenters. The van der Waals surface area contributed by atoms with Crippen LogP contribution in [0.4, 0.5) is 0 Å². The first-order valence-corrected chi connectivity index (χ1v) is 10.2. The maximum Gasteiger partial charge on any atom is 0.279 e. The van der Waals surface area contributed by atoms with Crippen molar-refractivity contribution in [3.8, 4) is 11.5 Å². The number of ether oxygens (including phenoxy) is 2. The molecule has 1 unspecified atom stereocenters. The molecule has 3 aromatic carbocycles. The fourth-order valence-electron chi connectivity index (χ4n) is 2.86. The number of carbonyl (C=O) groups is 2. The molecule has 7 nitrogen and oxygen atoms in total. The molecule has 3 rings (SSSR count). The van der Waals surface area contributed by atoms with Gasteiger partial charge in [0.05, 0.1) is 12.2 Å². The summed E-state index contributed by atoms with van der Waals surface area (Å²) < 4.78 is 11.2. The molecule has 0 aromatic heterocycles. The Morgan fingerprint density at radius 3 is 2.45 bits per heavy atom. The fourth-order valence-corrected chi connectivity index (χ4v) is 3.00. The van der Waals surface area contributed by atoms with Gasteiger partial charge in [-0.1, -0.05) is 42.5 Å². The van der Waals surface area contributed by atoms with E-state index in [1.54, 1.807) is 37.3 Å². The van der Waals surface area contributed by atoms with Crippen molar-refractivity contribution in [1.29, 1.82) is 0 Å². The van der Waals surface area contributed by atoms with Crippen LogP contribution in [0.15, 0.2) is 66.7 Å². The topological polar surface area (TPSA) is 88.7 Å². The van der Waals surface area contributed by atoms with E-state index in [2.05, 4.69) is 16.2 Å². The third-order valence-corrected chi connectivity index (χ3v) is 4.56. The minimum Gasteiger partial charge on any atom is -0.493 e. The molecule has 8 heteroatoms. The van der Waals surface area contributed by atoms with Gasteiger partial charge in [-0.05, 0) is 61.1 Å². The second-order valence-corrected chi connectivity index (χ2v) is 7.00. The van der Waals surface area contributed by atoms with E-state index in [4.69, 9.17) is 21.7 Å². The first kappa shape index (κ1) is 22.0. The van der Waals surface area contributed by atoms with E-state index < -0.39 is 17.9 Å². The molecule has 3 aromatic rings. The summed E-state index contributed by atoms with van der Waals surface area (Å²) in [6, 6.07) is 20.3. The predicted molar refractivity (Wildman–Crippen MR) is 123 cm³/mol. The summed E-state index contributed by atoms with van der Waals surface area (Å²) in [4.78, 5) is 24.7. The van der Waals surface area contributed by atoms with Gasteiger partial charge in [-0.2, -0.15) is 0 Å². The molecular weight excluding hydrogens is 414 g/mol. The summed E-state index contributed by atoms with van der Waals surface area (Å²) in [6.45, 7) is 3.88. The number of nitrogens with one attached hydrogen (secondary N) is 3. The average molecular weight is 438 g/mol. The molecule has 160 valence electrons. The minimum atomic E-state index is -0.786. The normalized spacial score (nSPS) is 11.3. The number of hydrogen-bond acceptors (Lipinski definition) is 5. The van der Waals surface area contributed by atoms with Gasteiger partial charge < -0.3 is 9.47 Å². The molecule has 0 aliphatic heterocycles. The third kappa shape index (κ3) is 5.93. The lowest BCUT2D eigenvalue weighted by Crippen LogP contribution is -2.51. The summed E-state index contributed by atoms with van der Waals surface area (Å²) >= 11 is 5.09. The number of hydrogen-bond donors (Lipinski definition) is 3. The molecule has 0 spiro atoms. The van der Waals surface area contributed by atoms with Gasteiger partial charge in [0.15, 0.2) is 11.2 Å². The van der Waals surface area contributed by atoms with Crippen molar-refractivity contribution < 1.29 is 19.1 Å². The zero-order valence-electron chi connectivity index (χ0n) is 17.2. The Morgan fingerprint density at radius 2 is 1.68 bits per heavy atom. The van der Waals surface area contributed by atoms with Crippen LogP contribution >= 0.6 is 12.2 Å². The standard InChI is InChI=1S/C23H23N3O4S/c1-3-29-20-11-7-6-10-19(20)22(28)24-23(31)26-25-21(27)15(2)30-18-13-12-16-8-4-5-9-17(16)14-18/h4-15H,3H2,1-2H3,(H,25,27)(H2,24,26,28,31). The van der Waals surface area contributed by atoms with Crippen molar-refractivity contribution in [1.82, 2.24) is 16.2 Å². The SMILES string of the molecule is CCOc1ccccc1C(=O)NC(=S)NNC(=O)C(C)Oc1ccc2ccccc2c1. The van der Waals surface area contributed by atoms with Gasteiger partial charge in [0.2, 0.25) is 0 Å². The van der Waals surface area contributed by atoms with E-state index in [9.17, 15) is 9.59 Å². The molecule has 0 aliphatic carbocycles. The zero-order chi connectivity index (χ0) is 22.2. The number of fused-ring (bicyclic) bond motifs is 1. The number of thiocarbonyl (C=S) groups is 1. The predicted octanol–water partition coefficient (Wildman–Crippen LogP) is 3.34. The molecule has 31 heavy (non-hydrogen) atoms. The van der Waals surface area contributed by atoms with Crippen molar-refractivity contribution in [3.05, 3.63) is 72.3 Å². The van der Waals surface area contributed by atoms with Crippen LogP contribution in [0.25, 0.3) is 10.8 Å². The van der Waals surface area contributed by atoms with Crippen molar-refractivity contribution in [2.75, 3.05) is 6.61 Å². The van der Waals surface area contributed by atoms with Crippen LogP contribution < -0.4 is 25.6 Å². The molecule has 0 heterocycles. The summed E-state index contributed by atoms with van der Waals surface area (Å²) in [7, 11) is 0. The maximum absolute atomic E-state index is 12.4. The maximum atomic E-state index is 12.4. The van der Waals surface area contributed by atoms with Crippen LogP contribution in [0.3, 0.4) is 0 Å². The highest BCUT2D eigenvalue weighted by molar-refractivity contribution is 7.80. The molecule has 0 aliphatic rings. The molecule has 0 saturated heterocycles. The summed E-state index contributed by atoms with van der Waals surface area (Å²) in [5.74, 6) is 0.132. The first-order chi connectivity index (χ1) is 15.0. The Balaban J connectivity index is 1.51. The second-order valence-electron chi connectivity index (χ2n) is 6.60. The minimum absolute atomic E-state index is 0.0532. The van der Waals surface area contributed by atoms with Crippen LogP contribution in [-0.4, -0.2) is 29.6 Å². The summed E-state index contributed by atoms with van der Waals surface area (Å²) in [5, 5.41) is 4.55. The smallest absolute Gasteiger partial charge is 0.279 e. The Kier molecular flexibility index (Phi) is 7.40. The van der Waals surface area contributed by atoms with Gasteiger partial charge in [0.1, 0.15) is 11.5 Å². The van der Waals surface area contributed by atoms with Crippen molar-refractivity contribution in [2.24, 2.45) is 0 Å². The lowest BCUT2D eigenvalue weighted by molar-refractivity contribution is -0.127. The number of para-hydroxylation sites is 1. The second kappa shape index (κ2) is 10.4. The molecule has 3 N–H and O–H groups in total. The monoisotopic (exact) mass is 437 g/mol. The molecular formula is C23H23N3O4S. The first-order valence-electron chi connectivity index (χ1n) is 9.76. The zero-order valence-corrected chi connectivity index (χ0v) is 18.0. The molecule has 0 radical (unpaired) electrons. The van der Waals surface area contributed by atoms with Gasteiger partial charge >= 0.3 is 0 Å². The van der Waals surface area contributed by atoms with Gasteiger partial charge in [0.25, 0.3) is 11.8 Å². The fraction of sp³-hybridized carbons (Fsp3) is 0.174. The van der Waals surface area contributed by atoms with Gasteiger partial charge in [-0.3, -0.25) is 25.8 Å². The number of hydrazine groups is 1. The number of carbonyl (C=O) groups excluding carboxylic acids is 2. The van der Waals surface area contributed by atoms with Gasteiger partial charge in [-0.15, -0.1) is 0 Å². The summed E-state index contributed by atoms with van der Waals surface area (Å²) in [6.07, 6.45) is -0.786. The largest absolute Gasteiger partial charge is 0.493 e. The average Bonchev–Trinajstić information content (AvgIpc) is 2.78. The number of rotatable bonds is 6. The Hall–Kier alpha value is -3.65. The van der Waals surface area contributed by atoms with Crippen LogP contribution in [-0.2, 0) is 4.79 Å². The number of amides is 2. The lowest BCUT2D eigenvalue weighted by atomic mass is 10.1. The third-order valence-electron chi connectivity index (χ3n) is 4.36. The highest BCUT2D eigenvalue weighted by Gasteiger charge is 2.17. The molecule has 0 bridgehead atoms. The highest BCUT2D eigenvalue weighted by Crippen LogP contribution is 2.21. The van der Waals surface area contributed by atoms with Gasteiger partial charge in [-0.25, -0.2) is 0 Å². The van der Waals surface area contributed by atoms with E-state index in [-0.39, 0.29) is 5.11 Å². The van der Waals surface area contributed by atoms with Crippen LogP contribution in [0.2, 0.25) is 0 Å². The Morgan fingerprint density at radius 1 is 0.968 bits per heavy atom. The molecule has 0 saturated carbocycles. The summed E-state index contributed by atoms with van der Waals surface area (Å²) in [5.41, 5.74) is 5.29. The quantitative estimate of drug-likeness (QED) is 0.405. The van der Waals surface area contributed by atoms with Crippen LogP contribution in [0.1, 0.15) is 24.2 Å². The van der Waals surface area contributed by atoms with E-state index in [0.29, 0.717) is 23.7 Å². The van der Waals surface area contributed by atoms with Crippen molar-refractivity contribution in [2.45, 2.75) is 20.0 Å². The highest BCUT2D eigenvalue weighted by atomic mass is 32.1. The Labute approximate surface area is 185 Å². The van der Waals surface area contributed by atoms with E-state index in [1.165, 1.54) is 0 Å². The molecule has 2 amide bonds. The van der Waals surface area contributed by atoms with E-state index in [1.807, 2.05) is 43.3 Å². The van der Waals surface area contributed by atoms with Crippen molar-refractivity contribution >= 4 is 39.9 Å². The van der Waals surface area contributed by atoms with E-state index >= 15 is 0 Å². The lowest BCUT2D eigenvalue weighted by Gasteiger charge is -2.17. The number of benzene rings is 3. The van der Waals surface area contributed by atoms with Gasteiger partial charge in [0, 0.05) is 0 Å². The van der Waals surface area contributed by atoms with Crippen LogP contribution in [0.5, 0.6) is 11.5 Å². The van der Waals surface area contributed by atoms with Crippen molar-refractivity contribution in [3.63, 3.8) is 0 Å². The van der Waals surface area contributed by atoms with Crippen LogP contribution in [0, 0.1) is 0 Å².